The topological polar surface area (TPSA) is 0 Å². The van der Waals surface area contributed by atoms with Gasteiger partial charge in [-0.15, -0.1) is 0 Å². The molecule has 2 aliphatic carbocycles. The van der Waals surface area contributed by atoms with Gasteiger partial charge in [-0.05, 0) is 54.3 Å². The van der Waals surface area contributed by atoms with Crippen molar-refractivity contribution in [2.24, 2.45) is 22.2 Å². The Labute approximate surface area is 102 Å². The van der Waals surface area contributed by atoms with Gasteiger partial charge >= 0.3 is 0 Å². The van der Waals surface area contributed by atoms with E-state index in [9.17, 15) is 0 Å². The van der Waals surface area contributed by atoms with E-state index in [2.05, 4.69) is 34.6 Å². The van der Waals surface area contributed by atoms with E-state index >= 15 is 0 Å². The van der Waals surface area contributed by atoms with E-state index in [1.807, 2.05) is 0 Å². The maximum Gasteiger partial charge on any atom is -0.0287 e. The molecule has 1 spiro atoms. The van der Waals surface area contributed by atoms with E-state index < -0.39 is 0 Å². The molecule has 94 valence electrons. The van der Waals surface area contributed by atoms with Gasteiger partial charge in [0.15, 0.2) is 0 Å². The summed E-state index contributed by atoms with van der Waals surface area (Å²) in [6, 6.07) is 0. The van der Waals surface area contributed by atoms with Crippen molar-refractivity contribution in [2.75, 3.05) is 0 Å². The summed E-state index contributed by atoms with van der Waals surface area (Å²) in [5, 5.41) is 0. The summed E-state index contributed by atoms with van der Waals surface area (Å²) in [4.78, 5) is 0. The van der Waals surface area contributed by atoms with Crippen LogP contribution in [0.15, 0.2) is 0 Å². The molecule has 0 radical (unpaired) electrons. The molecular formula is C16H30. The zero-order valence-corrected chi connectivity index (χ0v) is 12.0. The van der Waals surface area contributed by atoms with Crippen LogP contribution < -0.4 is 0 Å². The lowest BCUT2D eigenvalue weighted by molar-refractivity contribution is -0.0321. The molecule has 0 atom stereocenters. The number of rotatable bonds is 0. The molecule has 0 heteroatoms. The zero-order chi connectivity index (χ0) is 12.0. The second-order valence-corrected chi connectivity index (χ2v) is 8.54. The molecule has 0 aliphatic heterocycles. The smallest absolute Gasteiger partial charge is 0.0287 e. The van der Waals surface area contributed by atoms with Gasteiger partial charge in [-0.3, -0.25) is 0 Å². The zero-order valence-electron chi connectivity index (χ0n) is 12.0. The van der Waals surface area contributed by atoms with Gasteiger partial charge < -0.3 is 0 Å². The van der Waals surface area contributed by atoms with Crippen LogP contribution in [0.4, 0.5) is 0 Å². The maximum absolute atomic E-state index is 2.49. The van der Waals surface area contributed by atoms with Crippen molar-refractivity contribution < 1.29 is 0 Å². The Morgan fingerprint density at radius 1 is 0.750 bits per heavy atom. The maximum atomic E-state index is 2.49. The van der Waals surface area contributed by atoms with Crippen LogP contribution in [0.3, 0.4) is 0 Å². The van der Waals surface area contributed by atoms with E-state index in [-0.39, 0.29) is 0 Å². The van der Waals surface area contributed by atoms with Crippen LogP contribution in [0.5, 0.6) is 0 Å². The molecule has 2 rings (SSSR count). The molecule has 0 unspecified atom stereocenters. The molecule has 0 nitrogen and oxygen atoms in total. The Morgan fingerprint density at radius 2 is 1.19 bits per heavy atom. The van der Waals surface area contributed by atoms with Gasteiger partial charge in [0, 0.05) is 0 Å². The van der Waals surface area contributed by atoms with Gasteiger partial charge in [-0.1, -0.05) is 47.5 Å². The number of hydrogen-bond acceptors (Lipinski definition) is 0. The molecule has 0 amide bonds. The van der Waals surface area contributed by atoms with Gasteiger partial charge in [-0.2, -0.15) is 0 Å². The van der Waals surface area contributed by atoms with E-state index in [1.165, 1.54) is 44.9 Å². The molecule has 0 aromatic carbocycles. The van der Waals surface area contributed by atoms with Gasteiger partial charge in [0.1, 0.15) is 0 Å². The van der Waals surface area contributed by atoms with E-state index in [1.54, 1.807) is 0 Å². The van der Waals surface area contributed by atoms with Gasteiger partial charge in [0.25, 0.3) is 0 Å². The van der Waals surface area contributed by atoms with Gasteiger partial charge in [0.2, 0.25) is 0 Å². The van der Waals surface area contributed by atoms with Crippen molar-refractivity contribution in [2.45, 2.75) is 79.6 Å². The summed E-state index contributed by atoms with van der Waals surface area (Å²) in [5.74, 6) is 0.985. The highest BCUT2D eigenvalue weighted by Crippen LogP contribution is 2.59. The fourth-order valence-electron chi connectivity index (χ4n) is 5.24. The SMILES string of the molecule is CC1CCC2(CC1)CC(C)(C)CC(C)(C)C2. The lowest BCUT2D eigenvalue weighted by Crippen LogP contribution is -2.43. The fourth-order valence-corrected chi connectivity index (χ4v) is 5.24. The van der Waals surface area contributed by atoms with Crippen molar-refractivity contribution in [3.63, 3.8) is 0 Å². The van der Waals surface area contributed by atoms with Crippen LogP contribution in [0.1, 0.15) is 79.6 Å². The quantitative estimate of drug-likeness (QED) is 0.513. The fraction of sp³-hybridized carbons (Fsp3) is 1.00. The van der Waals surface area contributed by atoms with Gasteiger partial charge in [0.05, 0.1) is 0 Å². The van der Waals surface area contributed by atoms with Crippen molar-refractivity contribution in [3.05, 3.63) is 0 Å². The Balaban J connectivity index is 2.15. The summed E-state index contributed by atoms with van der Waals surface area (Å²) in [5.41, 5.74) is 1.85. The van der Waals surface area contributed by atoms with Crippen LogP contribution >= 0.6 is 0 Å². The average Bonchev–Trinajstić information content (AvgIpc) is 2.05. The average molecular weight is 222 g/mol. The van der Waals surface area contributed by atoms with Crippen LogP contribution in [0, 0.1) is 22.2 Å². The van der Waals surface area contributed by atoms with Crippen molar-refractivity contribution >= 4 is 0 Å². The van der Waals surface area contributed by atoms with Crippen molar-refractivity contribution in [1.82, 2.24) is 0 Å². The Hall–Kier alpha value is 0. The minimum absolute atomic E-state index is 0.572. The largest absolute Gasteiger partial charge is 0.0625 e. The Kier molecular flexibility index (Phi) is 2.92. The van der Waals surface area contributed by atoms with E-state index in [0.29, 0.717) is 16.2 Å². The summed E-state index contributed by atoms with van der Waals surface area (Å²) >= 11 is 0. The molecule has 2 saturated carbocycles. The van der Waals surface area contributed by atoms with Crippen LogP contribution in [0.25, 0.3) is 0 Å². The minimum atomic E-state index is 0.572. The van der Waals surface area contributed by atoms with Crippen LogP contribution in [-0.2, 0) is 0 Å². The summed E-state index contributed by atoms with van der Waals surface area (Å²) in [6.07, 6.45) is 10.3. The van der Waals surface area contributed by atoms with Crippen LogP contribution in [0.2, 0.25) is 0 Å². The molecular weight excluding hydrogens is 192 g/mol. The van der Waals surface area contributed by atoms with E-state index in [4.69, 9.17) is 0 Å². The second kappa shape index (κ2) is 3.75. The second-order valence-electron chi connectivity index (χ2n) is 8.54. The molecule has 0 N–H and O–H groups in total. The first-order valence-corrected chi connectivity index (χ1v) is 7.22. The Bertz CT molecular complexity index is 233. The summed E-state index contributed by atoms with van der Waals surface area (Å²) in [6.45, 7) is 12.4. The number of hydrogen-bond donors (Lipinski definition) is 0. The molecule has 0 aromatic heterocycles. The van der Waals surface area contributed by atoms with Crippen LogP contribution in [-0.4, -0.2) is 0 Å². The highest BCUT2D eigenvalue weighted by Gasteiger charge is 2.47. The van der Waals surface area contributed by atoms with E-state index in [0.717, 1.165) is 5.92 Å². The molecule has 2 fully saturated rings. The standard InChI is InChI=1S/C16H30/c1-13-6-8-16(9-7-13)11-14(2,3)10-15(4,5)12-16/h13H,6-12H2,1-5H3. The first-order chi connectivity index (χ1) is 7.22. The summed E-state index contributed by atoms with van der Waals surface area (Å²) in [7, 11) is 0. The van der Waals surface area contributed by atoms with Crippen molar-refractivity contribution in [3.8, 4) is 0 Å². The lowest BCUT2D eigenvalue weighted by atomic mass is 9.51. The van der Waals surface area contributed by atoms with Gasteiger partial charge in [-0.25, -0.2) is 0 Å². The lowest BCUT2D eigenvalue weighted by Gasteiger charge is -2.54. The molecule has 0 saturated heterocycles. The third-order valence-corrected chi connectivity index (χ3v) is 5.00. The Morgan fingerprint density at radius 3 is 1.62 bits per heavy atom. The molecule has 16 heavy (non-hydrogen) atoms. The molecule has 0 heterocycles. The van der Waals surface area contributed by atoms with Crippen molar-refractivity contribution in [1.29, 1.82) is 0 Å². The molecule has 2 aliphatic rings. The third kappa shape index (κ3) is 2.63. The summed E-state index contributed by atoms with van der Waals surface area (Å²) < 4.78 is 0. The highest BCUT2D eigenvalue weighted by atomic mass is 14.5. The third-order valence-electron chi connectivity index (χ3n) is 5.00. The molecule has 0 bridgehead atoms. The first kappa shape index (κ1) is 12.5. The molecule has 0 aromatic rings. The normalized spacial score (nSPS) is 32.8. The monoisotopic (exact) mass is 222 g/mol. The first-order valence-electron chi connectivity index (χ1n) is 7.22. The highest BCUT2D eigenvalue weighted by molar-refractivity contribution is 4.98. The minimum Gasteiger partial charge on any atom is -0.0625 e. The predicted molar refractivity (Wildman–Crippen MR) is 71.5 cm³/mol. The predicted octanol–water partition coefficient (Wildman–Crippen LogP) is 5.42.